The Labute approximate surface area is 213 Å². The third-order valence-electron chi connectivity index (χ3n) is 8.26. The lowest BCUT2D eigenvalue weighted by molar-refractivity contribution is -0.142. The van der Waals surface area contributed by atoms with E-state index in [9.17, 15) is 19.2 Å². The van der Waals surface area contributed by atoms with Crippen molar-refractivity contribution in [3.8, 4) is 0 Å². The molecule has 0 radical (unpaired) electrons. The molecule has 1 aromatic rings. The summed E-state index contributed by atoms with van der Waals surface area (Å²) in [4.78, 5) is 62.2. The van der Waals surface area contributed by atoms with Gasteiger partial charge in [0, 0.05) is 18.9 Å². The lowest BCUT2D eigenvalue weighted by atomic mass is 9.82. The van der Waals surface area contributed by atoms with Gasteiger partial charge < -0.3 is 20.3 Å². The molecule has 9 nitrogen and oxygen atoms in total. The topological polar surface area (TPSA) is 121 Å². The number of rotatable bonds is 7. The van der Waals surface area contributed by atoms with Crippen LogP contribution in [0.4, 0.5) is 0 Å². The normalized spacial score (nSPS) is 26.1. The minimum Gasteiger partial charge on any atom is -0.342 e. The lowest BCUT2D eigenvalue weighted by Gasteiger charge is -2.37. The first-order valence-corrected chi connectivity index (χ1v) is 13.3. The van der Waals surface area contributed by atoms with E-state index in [0.29, 0.717) is 12.5 Å². The monoisotopic (exact) mass is 497 g/mol. The van der Waals surface area contributed by atoms with Crippen molar-refractivity contribution in [2.45, 2.75) is 90.3 Å². The van der Waals surface area contributed by atoms with Crippen LogP contribution in [0.5, 0.6) is 0 Å². The van der Waals surface area contributed by atoms with Crippen molar-refractivity contribution in [3.05, 3.63) is 24.3 Å². The smallest absolute Gasteiger partial charge is 0.272 e. The fourth-order valence-electron chi connectivity index (χ4n) is 6.30. The largest absolute Gasteiger partial charge is 0.342 e. The minimum absolute atomic E-state index is 0.0241. The first-order chi connectivity index (χ1) is 17.2. The van der Waals surface area contributed by atoms with Gasteiger partial charge in [0.05, 0.1) is 12.2 Å². The standard InChI is InChI=1S/C27H39N5O4/c1-27(2,3)23(26(36)32-15-18-10-7-11-19(18)21(32)16-33)31-25(35)22(17-8-5-4-6-9-17)30-24(34)20-14-28-12-13-29-20/h12-14,16-19,21-23H,4-11,15H2,1-3H3,(H,30,34)(H,31,35)/t18-,19-,21+,22-,23?/m0/s1. The van der Waals surface area contributed by atoms with Gasteiger partial charge in [-0.3, -0.25) is 19.4 Å². The van der Waals surface area contributed by atoms with Crippen molar-refractivity contribution in [1.29, 1.82) is 0 Å². The summed E-state index contributed by atoms with van der Waals surface area (Å²) in [5.74, 6) is -0.505. The van der Waals surface area contributed by atoms with Crippen molar-refractivity contribution in [1.82, 2.24) is 25.5 Å². The molecule has 9 heteroatoms. The fraction of sp³-hybridized carbons (Fsp3) is 0.704. The maximum atomic E-state index is 13.8. The molecule has 3 fully saturated rings. The van der Waals surface area contributed by atoms with E-state index in [4.69, 9.17) is 0 Å². The van der Waals surface area contributed by atoms with Gasteiger partial charge in [0.1, 0.15) is 24.1 Å². The number of hydrogen-bond acceptors (Lipinski definition) is 6. The highest BCUT2D eigenvalue weighted by molar-refractivity contribution is 5.97. The summed E-state index contributed by atoms with van der Waals surface area (Å²) in [6.45, 7) is 6.30. The van der Waals surface area contributed by atoms with Gasteiger partial charge in [-0.2, -0.15) is 0 Å². The van der Waals surface area contributed by atoms with Crippen molar-refractivity contribution in [2.24, 2.45) is 23.2 Å². The molecule has 0 bridgehead atoms. The Kier molecular flexibility index (Phi) is 8.05. The summed E-state index contributed by atoms with van der Waals surface area (Å²) in [5.41, 5.74) is -0.434. The van der Waals surface area contributed by atoms with Gasteiger partial charge in [0.15, 0.2) is 0 Å². The van der Waals surface area contributed by atoms with E-state index in [1.807, 2.05) is 20.8 Å². The van der Waals surface area contributed by atoms with Gasteiger partial charge >= 0.3 is 0 Å². The average molecular weight is 498 g/mol. The van der Waals surface area contributed by atoms with E-state index in [1.54, 1.807) is 4.90 Å². The maximum absolute atomic E-state index is 13.8. The van der Waals surface area contributed by atoms with E-state index in [2.05, 4.69) is 20.6 Å². The van der Waals surface area contributed by atoms with Crippen LogP contribution < -0.4 is 10.6 Å². The zero-order valence-corrected chi connectivity index (χ0v) is 21.6. The second kappa shape index (κ2) is 11.0. The van der Waals surface area contributed by atoms with Crippen molar-refractivity contribution < 1.29 is 19.2 Å². The van der Waals surface area contributed by atoms with E-state index in [0.717, 1.165) is 57.7 Å². The molecular weight excluding hydrogens is 458 g/mol. The average Bonchev–Trinajstić information content (AvgIpc) is 3.47. The molecule has 2 N–H and O–H groups in total. The molecule has 1 saturated heterocycles. The number of carbonyl (C=O) groups is 4. The number of nitrogens with one attached hydrogen (secondary N) is 2. The van der Waals surface area contributed by atoms with E-state index in [1.165, 1.54) is 18.6 Å². The van der Waals surface area contributed by atoms with Crippen LogP contribution in [0, 0.1) is 23.2 Å². The molecule has 1 aliphatic heterocycles. The molecule has 2 saturated carbocycles. The number of aromatic nitrogens is 2. The summed E-state index contributed by atoms with van der Waals surface area (Å²) in [5, 5.41) is 5.89. The van der Waals surface area contributed by atoms with Gasteiger partial charge in [-0.1, -0.05) is 46.5 Å². The number of hydrogen-bond donors (Lipinski definition) is 2. The van der Waals surface area contributed by atoms with Crippen molar-refractivity contribution >= 4 is 24.0 Å². The highest BCUT2D eigenvalue weighted by atomic mass is 16.2. The van der Waals surface area contributed by atoms with Crippen molar-refractivity contribution in [2.75, 3.05) is 6.54 Å². The number of likely N-dealkylation sites (tertiary alicyclic amines) is 1. The van der Waals surface area contributed by atoms with Crippen LogP contribution in [0.3, 0.4) is 0 Å². The Bertz CT molecular complexity index is 957. The van der Waals surface area contributed by atoms with Crippen LogP contribution >= 0.6 is 0 Å². The molecule has 1 aromatic heterocycles. The number of nitrogens with zero attached hydrogens (tertiary/aromatic N) is 3. The number of fused-ring (bicyclic) bond motifs is 1. The maximum Gasteiger partial charge on any atom is 0.272 e. The molecule has 36 heavy (non-hydrogen) atoms. The van der Waals surface area contributed by atoms with E-state index < -0.39 is 29.4 Å². The van der Waals surface area contributed by atoms with Crippen LogP contribution in [0.2, 0.25) is 0 Å². The summed E-state index contributed by atoms with van der Waals surface area (Å²) < 4.78 is 0. The van der Waals surface area contributed by atoms with E-state index >= 15 is 0 Å². The summed E-state index contributed by atoms with van der Waals surface area (Å²) >= 11 is 0. The molecule has 4 rings (SSSR count). The highest BCUT2D eigenvalue weighted by Gasteiger charge is 2.49. The zero-order valence-electron chi connectivity index (χ0n) is 21.6. The molecule has 3 amide bonds. The number of carbonyl (C=O) groups excluding carboxylic acids is 4. The third-order valence-corrected chi connectivity index (χ3v) is 8.26. The first-order valence-electron chi connectivity index (χ1n) is 13.3. The van der Waals surface area contributed by atoms with Crippen LogP contribution in [0.15, 0.2) is 18.6 Å². The minimum atomic E-state index is -0.814. The Morgan fingerprint density at radius 3 is 2.42 bits per heavy atom. The van der Waals surface area contributed by atoms with Gasteiger partial charge in [0.25, 0.3) is 5.91 Å². The quantitative estimate of drug-likeness (QED) is 0.559. The van der Waals surface area contributed by atoms with Gasteiger partial charge in [-0.25, -0.2) is 4.98 Å². The fourth-order valence-corrected chi connectivity index (χ4v) is 6.30. The van der Waals surface area contributed by atoms with Gasteiger partial charge in [0.2, 0.25) is 11.8 Å². The predicted octanol–water partition coefficient (Wildman–Crippen LogP) is 2.51. The molecule has 3 aliphatic rings. The number of aldehydes is 1. The summed E-state index contributed by atoms with van der Waals surface area (Å²) in [6, 6.07) is -2.03. The first kappa shape index (κ1) is 26.2. The molecule has 5 atom stereocenters. The summed E-state index contributed by atoms with van der Waals surface area (Å²) in [6.07, 6.45) is 13.0. The Morgan fingerprint density at radius 2 is 1.78 bits per heavy atom. The summed E-state index contributed by atoms with van der Waals surface area (Å²) in [7, 11) is 0. The van der Waals surface area contributed by atoms with E-state index in [-0.39, 0.29) is 29.3 Å². The lowest BCUT2D eigenvalue weighted by Crippen LogP contribution is -2.61. The zero-order chi connectivity index (χ0) is 25.9. The third kappa shape index (κ3) is 5.60. The second-order valence-corrected chi connectivity index (χ2v) is 11.7. The van der Waals surface area contributed by atoms with Gasteiger partial charge in [-0.15, -0.1) is 0 Å². The van der Waals surface area contributed by atoms with Gasteiger partial charge in [-0.05, 0) is 48.9 Å². The Balaban J connectivity index is 1.54. The molecule has 2 aliphatic carbocycles. The Hall–Kier alpha value is -2.84. The molecule has 1 unspecified atom stereocenters. The van der Waals surface area contributed by atoms with Crippen LogP contribution in [0.1, 0.15) is 82.6 Å². The van der Waals surface area contributed by atoms with Crippen LogP contribution in [-0.4, -0.2) is 63.5 Å². The molecular formula is C27H39N5O4. The number of amides is 3. The second-order valence-electron chi connectivity index (χ2n) is 11.7. The van der Waals surface area contributed by atoms with Crippen LogP contribution in [0.25, 0.3) is 0 Å². The highest BCUT2D eigenvalue weighted by Crippen LogP contribution is 2.42. The molecule has 0 spiro atoms. The SMILES string of the molecule is CC(C)(C)C(NC(=O)[C@@H](NC(=O)c1cnccn1)C1CCCCC1)C(=O)N1C[C@@H]2CCC[C@@H]2[C@H]1C=O. The molecule has 2 heterocycles. The van der Waals surface area contributed by atoms with Crippen molar-refractivity contribution in [3.63, 3.8) is 0 Å². The molecule has 0 aromatic carbocycles. The van der Waals surface area contributed by atoms with Crippen LogP contribution in [-0.2, 0) is 14.4 Å². The Morgan fingerprint density at radius 1 is 1.03 bits per heavy atom. The predicted molar refractivity (Wildman–Crippen MR) is 134 cm³/mol. The molecule has 196 valence electrons.